The molecule has 0 spiro atoms. The largest absolute Gasteiger partial charge is 0.343 e. The second kappa shape index (κ2) is 8.31. The number of hydrogen-bond donors (Lipinski definition) is 1. The highest BCUT2D eigenvalue weighted by molar-refractivity contribution is 7.99. The van der Waals surface area contributed by atoms with Crippen molar-refractivity contribution in [2.45, 2.75) is 44.8 Å². The van der Waals surface area contributed by atoms with E-state index in [4.69, 9.17) is 4.52 Å². The van der Waals surface area contributed by atoms with Gasteiger partial charge in [-0.2, -0.15) is 4.98 Å². The van der Waals surface area contributed by atoms with Crippen LogP contribution in [0.15, 0.2) is 32.7 Å². The fourth-order valence-corrected chi connectivity index (χ4v) is 3.34. The highest BCUT2D eigenvalue weighted by Crippen LogP contribution is 2.20. The average molecular weight is 377 g/mol. The Morgan fingerprint density at radius 1 is 1.38 bits per heavy atom. The molecule has 3 aromatic rings. The first kappa shape index (κ1) is 18.4. The van der Waals surface area contributed by atoms with Crippen LogP contribution in [-0.4, -0.2) is 30.7 Å². The minimum absolute atomic E-state index is 0.179. The van der Waals surface area contributed by atoms with Crippen LogP contribution in [0.4, 0.5) is 4.39 Å². The third-order valence-corrected chi connectivity index (χ3v) is 4.90. The Morgan fingerprint density at radius 3 is 3.00 bits per heavy atom. The topological polar surface area (TPSA) is 89.6 Å². The first-order chi connectivity index (χ1) is 12.6. The highest BCUT2D eigenvalue weighted by Gasteiger charge is 2.11. The molecule has 0 aliphatic carbocycles. The molecular weight excluding hydrogens is 357 g/mol. The van der Waals surface area contributed by atoms with Gasteiger partial charge in [0, 0.05) is 24.3 Å². The normalized spacial score (nSPS) is 11.2. The molecule has 138 valence electrons. The van der Waals surface area contributed by atoms with Gasteiger partial charge in [-0.05, 0) is 31.4 Å². The van der Waals surface area contributed by atoms with Gasteiger partial charge in [-0.3, -0.25) is 4.57 Å². The lowest BCUT2D eigenvalue weighted by molar-refractivity contribution is 0.378. The lowest BCUT2D eigenvalue weighted by Gasteiger charge is -2.02. The number of H-pyrrole nitrogens is 1. The van der Waals surface area contributed by atoms with E-state index < -0.39 is 0 Å². The van der Waals surface area contributed by atoms with Gasteiger partial charge < -0.3 is 4.52 Å². The molecular formula is C17H20FN5O2S. The smallest absolute Gasteiger partial charge is 0.339 e. The van der Waals surface area contributed by atoms with Crippen LogP contribution in [0, 0.1) is 12.7 Å². The molecule has 0 aliphatic heterocycles. The summed E-state index contributed by atoms with van der Waals surface area (Å²) >= 11 is 1.51. The van der Waals surface area contributed by atoms with Crippen molar-refractivity contribution in [3.8, 4) is 11.4 Å². The number of thioether (sulfide) groups is 1. The summed E-state index contributed by atoms with van der Waals surface area (Å²) in [5.74, 6) is 1.37. The predicted molar refractivity (Wildman–Crippen MR) is 96.6 cm³/mol. The van der Waals surface area contributed by atoms with E-state index >= 15 is 0 Å². The number of rotatable bonds is 8. The van der Waals surface area contributed by atoms with Gasteiger partial charge in [0.05, 0.1) is 0 Å². The van der Waals surface area contributed by atoms with Crippen LogP contribution in [0.25, 0.3) is 11.4 Å². The predicted octanol–water partition coefficient (Wildman–Crippen LogP) is 3.20. The molecule has 1 aromatic carbocycles. The summed E-state index contributed by atoms with van der Waals surface area (Å²) in [5, 5.41) is 11.1. The maximum absolute atomic E-state index is 13.6. The first-order valence-electron chi connectivity index (χ1n) is 8.45. The summed E-state index contributed by atoms with van der Waals surface area (Å²) in [6, 6.07) is 4.87. The average Bonchev–Trinajstić information content (AvgIpc) is 3.23. The Labute approximate surface area is 154 Å². The van der Waals surface area contributed by atoms with Crippen LogP contribution in [0.5, 0.6) is 0 Å². The number of nitrogens with zero attached hydrogens (tertiary/aromatic N) is 4. The zero-order chi connectivity index (χ0) is 18.5. The van der Waals surface area contributed by atoms with E-state index in [1.54, 1.807) is 23.6 Å². The van der Waals surface area contributed by atoms with E-state index in [9.17, 15) is 9.18 Å². The first-order valence-corrected chi connectivity index (χ1v) is 9.44. The lowest BCUT2D eigenvalue weighted by atomic mass is 10.1. The SMILES string of the molecule is CCCn1c(SCCCc2nc(-c3ccc(C)c(F)c3)no2)n[nH]c1=O. The molecule has 3 rings (SSSR count). The molecule has 0 aliphatic rings. The summed E-state index contributed by atoms with van der Waals surface area (Å²) in [4.78, 5) is 16.0. The van der Waals surface area contributed by atoms with Crippen molar-refractivity contribution in [3.05, 3.63) is 46.0 Å². The van der Waals surface area contributed by atoms with Crippen LogP contribution in [0.1, 0.15) is 31.2 Å². The second-order valence-electron chi connectivity index (χ2n) is 5.89. The number of nitrogens with one attached hydrogen (secondary N) is 1. The van der Waals surface area contributed by atoms with Crippen LogP contribution < -0.4 is 5.69 Å². The second-order valence-corrected chi connectivity index (χ2v) is 6.95. The zero-order valence-electron chi connectivity index (χ0n) is 14.7. The van der Waals surface area contributed by atoms with Gasteiger partial charge in [-0.15, -0.1) is 5.10 Å². The van der Waals surface area contributed by atoms with Gasteiger partial charge in [-0.25, -0.2) is 14.3 Å². The Morgan fingerprint density at radius 2 is 2.23 bits per heavy atom. The Balaban J connectivity index is 1.54. The minimum atomic E-state index is -0.289. The molecule has 26 heavy (non-hydrogen) atoms. The standard InChI is InChI=1S/C17H20FN5O2S/c1-3-8-23-16(24)20-21-17(23)26-9-4-5-14-19-15(22-25-14)12-7-6-11(2)13(18)10-12/h6-7,10H,3-5,8-9H2,1-2H3,(H,20,24). The number of benzene rings is 1. The summed E-state index contributed by atoms with van der Waals surface area (Å²) in [7, 11) is 0. The molecule has 0 saturated carbocycles. The molecule has 0 fully saturated rings. The molecule has 0 atom stereocenters. The summed E-state index contributed by atoms with van der Waals surface area (Å²) in [5.41, 5.74) is 0.994. The lowest BCUT2D eigenvalue weighted by Crippen LogP contribution is -2.17. The molecule has 0 radical (unpaired) electrons. The van der Waals surface area contributed by atoms with E-state index in [0.29, 0.717) is 41.0 Å². The Bertz CT molecular complexity index is 933. The third-order valence-electron chi connectivity index (χ3n) is 3.83. The van der Waals surface area contributed by atoms with E-state index in [2.05, 4.69) is 20.3 Å². The van der Waals surface area contributed by atoms with Crippen LogP contribution >= 0.6 is 11.8 Å². The fraction of sp³-hybridized carbons (Fsp3) is 0.412. The van der Waals surface area contributed by atoms with E-state index in [1.165, 1.54) is 17.8 Å². The molecule has 0 saturated heterocycles. The molecule has 2 aromatic heterocycles. The number of hydrogen-bond acceptors (Lipinski definition) is 6. The number of halogens is 1. The molecule has 9 heteroatoms. The van der Waals surface area contributed by atoms with Crippen molar-refractivity contribution in [2.75, 3.05) is 5.75 Å². The molecule has 0 unspecified atom stereocenters. The maximum Gasteiger partial charge on any atom is 0.343 e. The van der Waals surface area contributed by atoms with Crippen molar-refractivity contribution in [2.24, 2.45) is 0 Å². The summed E-state index contributed by atoms with van der Waals surface area (Å²) in [6.45, 7) is 4.37. The molecule has 2 heterocycles. The summed E-state index contributed by atoms with van der Waals surface area (Å²) in [6.07, 6.45) is 2.27. The Kier molecular flexibility index (Phi) is 5.87. The van der Waals surface area contributed by atoms with E-state index in [1.807, 2.05) is 6.92 Å². The quantitative estimate of drug-likeness (QED) is 0.479. The zero-order valence-corrected chi connectivity index (χ0v) is 15.5. The Hall–Kier alpha value is -2.42. The van der Waals surface area contributed by atoms with Crippen LogP contribution in [-0.2, 0) is 13.0 Å². The van der Waals surface area contributed by atoms with Gasteiger partial charge in [0.15, 0.2) is 5.16 Å². The monoisotopic (exact) mass is 377 g/mol. The van der Waals surface area contributed by atoms with Gasteiger partial charge in [0.1, 0.15) is 5.82 Å². The van der Waals surface area contributed by atoms with Crippen LogP contribution in [0.3, 0.4) is 0 Å². The molecule has 7 nitrogen and oxygen atoms in total. The van der Waals surface area contributed by atoms with E-state index in [-0.39, 0.29) is 11.5 Å². The third kappa shape index (κ3) is 4.21. The minimum Gasteiger partial charge on any atom is -0.339 e. The fourth-order valence-electron chi connectivity index (χ4n) is 2.43. The van der Waals surface area contributed by atoms with Crippen molar-refractivity contribution >= 4 is 11.8 Å². The number of aryl methyl sites for hydroxylation is 2. The van der Waals surface area contributed by atoms with Gasteiger partial charge in [0.25, 0.3) is 0 Å². The molecule has 0 bridgehead atoms. The van der Waals surface area contributed by atoms with Crippen LogP contribution in [0.2, 0.25) is 0 Å². The highest BCUT2D eigenvalue weighted by atomic mass is 32.2. The van der Waals surface area contributed by atoms with Gasteiger partial charge in [-0.1, -0.05) is 36.0 Å². The number of aromatic nitrogens is 5. The van der Waals surface area contributed by atoms with Crippen molar-refractivity contribution in [1.29, 1.82) is 0 Å². The molecule has 1 N–H and O–H groups in total. The van der Waals surface area contributed by atoms with E-state index in [0.717, 1.165) is 18.6 Å². The number of aromatic amines is 1. The van der Waals surface area contributed by atoms with Gasteiger partial charge >= 0.3 is 5.69 Å². The maximum atomic E-state index is 13.6. The van der Waals surface area contributed by atoms with Gasteiger partial charge in [0.2, 0.25) is 11.7 Å². The summed E-state index contributed by atoms with van der Waals surface area (Å²) < 4.78 is 20.5. The van der Waals surface area contributed by atoms with Crippen molar-refractivity contribution in [3.63, 3.8) is 0 Å². The molecule has 0 amide bonds. The van der Waals surface area contributed by atoms with Crippen molar-refractivity contribution < 1.29 is 8.91 Å². The van der Waals surface area contributed by atoms with Crippen molar-refractivity contribution in [1.82, 2.24) is 24.9 Å².